The quantitative estimate of drug-likeness (QED) is 0.746. The average Bonchev–Trinajstić information content (AvgIpc) is 2.30. The van der Waals surface area contributed by atoms with Crippen LogP contribution in [0.1, 0.15) is 21.5 Å². The molecule has 0 aliphatic carbocycles. The van der Waals surface area contributed by atoms with Gasteiger partial charge in [0.2, 0.25) is 0 Å². The third-order valence-corrected chi connectivity index (χ3v) is 2.79. The van der Waals surface area contributed by atoms with Gasteiger partial charge in [-0.05, 0) is 42.8 Å². The Morgan fingerprint density at radius 1 is 1.17 bits per heavy atom. The van der Waals surface area contributed by atoms with E-state index in [1.165, 1.54) is 30.3 Å². The summed E-state index contributed by atoms with van der Waals surface area (Å²) in [5.74, 6) is -1.90. The summed E-state index contributed by atoms with van der Waals surface area (Å²) in [5.41, 5.74) is 0.543. The molecule has 0 aromatic heterocycles. The highest BCUT2D eigenvalue weighted by Gasteiger charge is 2.16. The molecule has 2 aromatic carbocycles. The van der Waals surface area contributed by atoms with Gasteiger partial charge in [-0.25, -0.2) is 8.78 Å². The van der Waals surface area contributed by atoms with Crippen LogP contribution in [-0.4, -0.2) is 5.78 Å². The Hall–Kier alpha value is -1.74. The lowest BCUT2D eigenvalue weighted by Gasteiger charge is -2.05. The van der Waals surface area contributed by atoms with Crippen LogP contribution < -0.4 is 0 Å². The van der Waals surface area contributed by atoms with Gasteiger partial charge >= 0.3 is 0 Å². The molecule has 0 bridgehead atoms. The van der Waals surface area contributed by atoms with Crippen molar-refractivity contribution >= 4 is 17.4 Å². The minimum atomic E-state index is -0.786. The highest BCUT2D eigenvalue weighted by atomic mass is 35.5. The summed E-state index contributed by atoms with van der Waals surface area (Å²) in [5, 5.41) is -0.131. The van der Waals surface area contributed by atoms with Gasteiger partial charge in [0.1, 0.15) is 5.82 Å². The van der Waals surface area contributed by atoms with Crippen molar-refractivity contribution in [1.29, 1.82) is 0 Å². The van der Waals surface area contributed by atoms with Crippen molar-refractivity contribution in [3.8, 4) is 0 Å². The van der Waals surface area contributed by atoms with Gasteiger partial charge in [-0.3, -0.25) is 4.79 Å². The lowest BCUT2D eigenvalue weighted by Crippen LogP contribution is -2.05. The maximum atomic E-state index is 13.7. The minimum Gasteiger partial charge on any atom is -0.288 e. The SMILES string of the molecule is Cc1cc(F)cc(C(=O)c2cccc(Cl)c2F)c1. The van der Waals surface area contributed by atoms with Crippen molar-refractivity contribution in [2.45, 2.75) is 6.92 Å². The van der Waals surface area contributed by atoms with Gasteiger partial charge in [-0.2, -0.15) is 0 Å². The van der Waals surface area contributed by atoms with Crippen molar-refractivity contribution in [2.24, 2.45) is 0 Å². The monoisotopic (exact) mass is 266 g/mol. The lowest BCUT2D eigenvalue weighted by atomic mass is 10.0. The molecule has 0 unspecified atom stereocenters. The van der Waals surface area contributed by atoms with Crippen molar-refractivity contribution in [1.82, 2.24) is 0 Å². The van der Waals surface area contributed by atoms with E-state index >= 15 is 0 Å². The molecule has 2 rings (SSSR count). The van der Waals surface area contributed by atoms with E-state index in [9.17, 15) is 13.6 Å². The van der Waals surface area contributed by atoms with E-state index in [2.05, 4.69) is 0 Å². The fourth-order valence-corrected chi connectivity index (χ4v) is 1.88. The molecule has 0 saturated carbocycles. The Labute approximate surface area is 108 Å². The number of rotatable bonds is 2. The second kappa shape index (κ2) is 4.86. The van der Waals surface area contributed by atoms with Gasteiger partial charge < -0.3 is 0 Å². The molecular weight excluding hydrogens is 258 g/mol. The first-order valence-corrected chi connectivity index (χ1v) is 5.63. The molecule has 1 nitrogen and oxygen atoms in total. The van der Waals surface area contributed by atoms with Crippen molar-refractivity contribution in [2.75, 3.05) is 0 Å². The van der Waals surface area contributed by atoms with Gasteiger partial charge in [0.05, 0.1) is 10.6 Å². The summed E-state index contributed by atoms with van der Waals surface area (Å²) in [6.07, 6.45) is 0. The Bertz CT molecular complexity index is 603. The van der Waals surface area contributed by atoms with E-state index < -0.39 is 17.4 Å². The first kappa shape index (κ1) is 12.7. The zero-order chi connectivity index (χ0) is 13.3. The summed E-state index contributed by atoms with van der Waals surface area (Å²) < 4.78 is 26.9. The predicted molar refractivity (Wildman–Crippen MR) is 66.0 cm³/mol. The standard InChI is InChI=1S/C14H9ClF2O/c1-8-5-9(7-10(16)6-8)14(18)11-3-2-4-12(15)13(11)17/h2-7H,1H3. The van der Waals surface area contributed by atoms with E-state index in [-0.39, 0.29) is 16.1 Å². The average molecular weight is 267 g/mol. The summed E-state index contributed by atoms with van der Waals surface area (Å²) in [6, 6.07) is 8.03. The van der Waals surface area contributed by atoms with Crippen LogP contribution in [0, 0.1) is 18.6 Å². The summed E-state index contributed by atoms with van der Waals surface area (Å²) >= 11 is 5.61. The number of hydrogen-bond acceptors (Lipinski definition) is 1. The number of carbonyl (C=O) groups excluding carboxylic acids is 1. The van der Waals surface area contributed by atoms with E-state index in [1.54, 1.807) is 6.92 Å². The third kappa shape index (κ3) is 2.41. The van der Waals surface area contributed by atoms with Crippen LogP contribution in [0.25, 0.3) is 0 Å². The molecular formula is C14H9ClF2O. The molecule has 0 radical (unpaired) electrons. The van der Waals surface area contributed by atoms with Gasteiger partial charge in [-0.15, -0.1) is 0 Å². The molecule has 0 spiro atoms. The zero-order valence-electron chi connectivity index (χ0n) is 9.51. The van der Waals surface area contributed by atoms with Crippen LogP contribution in [0.5, 0.6) is 0 Å². The van der Waals surface area contributed by atoms with Gasteiger partial charge in [0, 0.05) is 5.56 Å². The lowest BCUT2D eigenvalue weighted by molar-refractivity contribution is 0.103. The van der Waals surface area contributed by atoms with E-state index in [4.69, 9.17) is 11.6 Å². The number of hydrogen-bond donors (Lipinski definition) is 0. The third-order valence-electron chi connectivity index (χ3n) is 2.50. The minimum absolute atomic E-state index is 0.105. The molecule has 4 heteroatoms. The number of halogens is 3. The van der Waals surface area contributed by atoms with E-state index in [0.717, 1.165) is 6.07 Å². The van der Waals surface area contributed by atoms with Crippen LogP contribution in [-0.2, 0) is 0 Å². The fourth-order valence-electron chi connectivity index (χ4n) is 1.70. The Kier molecular flexibility index (Phi) is 3.43. The van der Waals surface area contributed by atoms with Crippen molar-refractivity contribution in [3.05, 3.63) is 69.7 Å². The van der Waals surface area contributed by atoms with Crippen LogP contribution >= 0.6 is 11.6 Å². The molecule has 0 fully saturated rings. The molecule has 18 heavy (non-hydrogen) atoms. The topological polar surface area (TPSA) is 17.1 Å². The van der Waals surface area contributed by atoms with Crippen LogP contribution in [0.4, 0.5) is 8.78 Å². The van der Waals surface area contributed by atoms with Gasteiger partial charge in [0.15, 0.2) is 11.6 Å². The largest absolute Gasteiger partial charge is 0.288 e. The second-order valence-corrected chi connectivity index (χ2v) is 4.35. The predicted octanol–water partition coefficient (Wildman–Crippen LogP) is 4.16. The molecule has 0 saturated heterocycles. The van der Waals surface area contributed by atoms with Crippen LogP contribution in [0.2, 0.25) is 5.02 Å². The first-order valence-electron chi connectivity index (χ1n) is 5.25. The maximum absolute atomic E-state index is 13.7. The number of benzene rings is 2. The maximum Gasteiger partial charge on any atom is 0.196 e. The van der Waals surface area contributed by atoms with Gasteiger partial charge in [0.25, 0.3) is 0 Å². The van der Waals surface area contributed by atoms with Gasteiger partial charge in [-0.1, -0.05) is 17.7 Å². The highest BCUT2D eigenvalue weighted by molar-refractivity contribution is 6.31. The zero-order valence-corrected chi connectivity index (χ0v) is 10.3. The Balaban J connectivity index is 2.51. The van der Waals surface area contributed by atoms with E-state index in [1.807, 2.05) is 0 Å². The molecule has 0 aliphatic rings. The molecule has 0 N–H and O–H groups in total. The number of aryl methyl sites for hydroxylation is 1. The molecule has 0 atom stereocenters. The van der Waals surface area contributed by atoms with Crippen molar-refractivity contribution < 1.29 is 13.6 Å². The second-order valence-electron chi connectivity index (χ2n) is 3.95. The normalized spacial score (nSPS) is 10.4. The smallest absolute Gasteiger partial charge is 0.196 e. The fraction of sp³-hybridized carbons (Fsp3) is 0.0714. The van der Waals surface area contributed by atoms with Crippen LogP contribution in [0.15, 0.2) is 36.4 Å². The Morgan fingerprint density at radius 2 is 1.89 bits per heavy atom. The molecule has 0 amide bonds. The van der Waals surface area contributed by atoms with E-state index in [0.29, 0.717) is 5.56 Å². The van der Waals surface area contributed by atoms with Crippen LogP contribution in [0.3, 0.4) is 0 Å². The first-order chi connectivity index (χ1) is 8.49. The summed E-state index contributed by atoms with van der Waals surface area (Å²) in [6.45, 7) is 1.66. The molecule has 92 valence electrons. The Morgan fingerprint density at radius 3 is 2.56 bits per heavy atom. The molecule has 0 heterocycles. The summed E-state index contributed by atoms with van der Waals surface area (Å²) in [7, 11) is 0. The molecule has 2 aromatic rings. The highest BCUT2D eigenvalue weighted by Crippen LogP contribution is 2.21. The van der Waals surface area contributed by atoms with Crippen molar-refractivity contribution in [3.63, 3.8) is 0 Å². The molecule has 0 aliphatic heterocycles. The summed E-state index contributed by atoms with van der Waals surface area (Å²) in [4.78, 5) is 12.1. The number of ketones is 1. The number of carbonyl (C=O) groups is 1.